The van der Waals surface area contributed by atoms with Crippen LogP contribution in [0.15, 0.2) is 24.7 Å². The van der Waals surface area contributed by atoms with Gasteiger partial charge in [0.05, 0.1) is 16.0 Å². The lowest BCUT2D eigenvalue weighted by Crippen LogP contribution is -2.01. The highest BCUT2D eigenvalue weighted by Crippen LogP contribution is 2.12. The fourth-order valence-corrected chi connectivity index (χ4v) is 1.38. The first kappa shape index (κ1) is 9.50. The average Bonchev–Trinajstić information content (AvgIpc) is 2.51. The van der Waals surface area contributed by atoms with Crippen LogP contribution in [0.1, 0.15) is 0 Å². The van der Waals surface area contributed by atoms with Crippen molar-refractivity contribution >= 4 is 22.6 Å². The number of rotatable bonds is 1. The summed E-state index contributed by atoms with van der Waals surface area (Å²) in [5.74, 6) is -1.44. The van der Waals surface area contributed by atoms with Gasteiger partial charge in [-0.25, -0.2) is 18.4 Å². The van der Waals surface area contributed by atoms with Crippen molar-refractivity contribution in [3.63, 3.8) is 0 Å². The molecule has 0 aliphatic rings. The van der Waals surface area contributed by atoms with Crippen LogP contribution in [-0.4, -0.2) is 14.8 Å². The van der Waals surface area contributed by atoms with E-state index in [4.69, 9.17) is 0 Å². The van der Waals surface area contributed by atoms with E-state index in [2.05, 4.69) is 10.1 Å². The first-order valence-electron chi connectivity index (χ1n) is 3.68. The molecular formula is C8H4F2IN3. The molecular weight excluding hydrogens is 303 g/mol. The molecule has 14 heavy (non-hydrogen) atoms. The summed E-state index contributed by atoms with van der Waals surface area (Å²) in [5, 5.41) is 3.86. The van der Waals surface area contributed by atoms with Crippen LogP contribution in [0.4, 0.5) is 8.78 Å². The van der Waals surface area contributed by atoms with Crippen molar-refractivity contribution in [1.82, 2.24) is 14.8 Å². The fourth-order valence-electron chi connectivity index (χ4n) is 0.993. The number of hydrogen-bond acceptors (Lipinski definition) is 2. The monoisotopic (exact) mass is 307 g/mol. The summed E-state index contributed by atoms with van der Waals surface area (Å²) in [4.78, 5) is 3.61. The Hall–Kier alpha value is -1.05. The van der Waals surface area contributed by atoms with E-state index in [-0.39, 0.29) is 5.82 Å². The number of hydrogen-bond donors (Lipinski definition) is 0. The molecule has 2 rings (SSSR count). The van der Waals surface area contributed by atoms with Gasteiger partial charge in [0.2, 0.25) is 0 Å². The predicted molar refractivity (Wildman–Crippen MR) is 54.0 cm³/mol. The summed E-state index contributed by atoms with van der Waals surface area (Å²) in [6, 6.07) is 0.775. The molecule has 0 aromatic carbocycles. The maximum atomic E-state index is 13.2. The molecule has 0 fully saturated rings. The van der Waals surface area contributed by atoms with Gasteiger partial charge < -0.3 is 0 Å². The Morgan fingerprint density at radius 2 is 2.07 bits per heavy atom. The molecule has 72 valence electrons. The SMILES string of the molecule is Fc1cnc(-n2cc(I)cn2)c(F)c1. The minimum absolute atomic E-state index is 0.00526. The van der Waals surface area contributed by atoms with Crippen molar-refractivity contribution in [3.05, 3.63) is 39.9 Å². The zero-order valence-corrected chi connectivity index (χ0v) is 8.94. The summed E-state index contributed by atoms with van der Waals surface area (Å²) in [5.41, 5.74) is 0. The molecule has 0 saturated carbocycles. The van der Waals surface area contributed by atoms with Crippen LogP contribution < -0.4 is 0 Å². The third-order valence-electron chi connectivity index (χ3n) is 1.56. The van der Waals surface area contributed by atoms with Crippen LogP contribution in [-0.2, 0) is 0 Å². The molecule has 0 aliphatic heterocycles. The standard InChI is InChI=1S/C8H4F2IN3/c9-5-1-7(10)8(12-2-5)14-4-6(11)3-13-14/h1-4H. The summed E-state index contributed by atoms with van der Waals surface area (Å²) in [6.07, 6.45) is 4.11. The molecule has 0 bridgehead atoms. The Bertz CT molecular complexity index is 469. The molecule has 0 spiro atoms. The van der Waals surface area contributed by atoms with Crippen LogP contribution in [0.3, 0.4) is 0 Å². The lowest BCUT2D eigenvalue weighted by Gasteiger charge is -2.00. The number of halogens is 3. The summed E-state index contributed by atoms with van der Waals surface area (Å²) in [6.45, 7) is 0. The highest BCUT2D eigenvalue weighted by atomic mass is 127. The maximum Gasteiger partial charge on any atom is 0.189 e. The quantitative estimate of drug-likeness (QED) is 0.756. The Kier molecular flexibility index (Phi) is 2.44. The molecule has 6 heteroatoms. The van der Waals surface area contributed by atoms with E-state index in [0.717, 1.165) is 15.8 Å². The van der Waals surface area contributed by atoms with Crippen LogP contribution in [0.2, 0.25) is 0 Å². The van der Waals surface area contributed by atoms with Crippen molar-refractivity contribution in [2.75, 3.05) is 0 Å². The maximum absolute atomic E-state index is 13.2. The average molecular weight is 307 g/mol. The first-order valence-corrected chi connectivity index (χ1v) is 4.76. The highest BCUT2D eigenvalue weighted by molar-refractivity contribution is 14.1. The van der Waals surface area contributed by atoms with E-state index in [1.165, 1.54) is 4.68 Å². The predicted octanol–water partition coefficient (Wildman–Crippen LogP) is 2.15. The number of aromatic nitrogens is 3. The van der Waals surface area contributed by atoms with E-state index in [9.17, 15) is 8.78 Å². The lowest BCUT2D eigenvalue weighted by atomic mass is 10.4. The van der Waals surface area contributed by atoms with Gasteiger partial charge in [-0.05, 0) is 22.6 Å². The minimum Gasteiger partial charge on any atom is -0.231 e. The second-order valence-electron chi connectivity index (χ2n) is 2.56. The Morgan fingerprint density at radius 3 is 2.64 bits per heavy atom. The van der Waals surface area contributed by atoms with E-state index in [1.807, 2.05) is 22.6 Å². The summed E-state index contributed by atoms with van der Waals surface area (Å²) in [7, 11) is 0. The molecule has 0 amide bonds. The van der Waals surface area contributed by atoms with Crippen LogP contribution in [0, 0.1) is 15.2 Å². The van der Waals surface area contributed by atoms with Crippen LogP contribution in [0.5, 0.6) is 0 Å². The zero-order chi connectivity index (χ0) is 10.1. The van der Waals surface area contributed by atoms with Crippen molar-refractivity contribution < 1.29 is 8.78 Å². The van der Waals surface area contributed by atoms with Crippen LogP contribution in [0.25, 0.3) is 5.82 Å². The first-order chi connectivity index (χ1) is 6.66. The molecule has 0 unspecified atom stereocenters. The van der Waals surface area contributed by atoms with Gasteiger partial charge >= 0.3 is 0 Å². The second kappa shape index (κ2) is 3.60. The summed E-state index contributed by atoms with van der Waals surface area (Å²) >= 11 is 2.04. The van der Waals surface area contributed by atoms with Crippen molar-refractivity contribution in [2.45, 2.75) is 0 Å². The Morgan fingerprint density at radius 1 is 1.29 bits per heavy atom. The molecule has 2 aromatic rings. The Balaban J connectivity index is 2.52. The second-order valence-corrected chi connectivity index (χ2v) is 3.81. The Labute approximate surface area is 91.9 Å². The van der Waals surface area contributed by atoms with Gasteiger partial charge in [0.15, 0.2) is 11.6 Å². The van der Waals surface area contributed by atoms with Gasteiger partial charge in [0.25, 0.3) is 0 Å². The topological polar surface area (TPSA) is 30.7 Å². The molecule has 2 aromatic heterocycles. The van der Waals surface area contributed by atoms with Gasteiger partial charge in [-0.15, -0.1) is 0 Å². The molecule has 0 aliphatic carbocycles. The van der Waals surface area contributed by atoms with Crippen molar-refractivity contribution in [2.24, 2.45) is 0 Å². The largest absolute Gasteiger partial charge is 0.231 e. The molecule has 0 radical (unpaired) electrons. The smallest absolute Gasteiger partial charge is 0.189 e. The molecule has 0 atom stereocenters. The third kappa shape index (κ3) is 1.74. The number of nitrogens with zero attached hydrogens (tertiary/aromatic N) is 3. The van der Waals surface area contributed by atoms with Crippen LogP contribution >= 0.6 is 22.6 Å². The number of pyridine rings is 1. The van der Waals surface area contributed by atoms with E-state index >= 15 is 0 Å². The lowest BCUT2D eigenvalue weighted by molar-refractivity contribution is 0.560. The summed E-state index contributed by atoms with van der Waals surface area (Å²) < 4.78 is 27.8. The molecule has 0 N–H and O–H groups in total. The van der Waals surface area contributed by atoms with Gasteiger partial charge in [-0.2, -0.15) is 5.10 Å². The molecule has 3 nitrogen and oxygen atoms in total. The molecule has 0 saturated heterocycles. The van der Waals surface area contributed by atoms with Gasteiger partial charge in [-0.3, -0.25) is 0 Å². The fraction of sp³-hybridized carbons (Fsp3) is 0. The minimum atomic E-state index is -0.732. The van der Waals surface area contributed by atoms with E-state index < -0.39 is 11.6 Å². The van der Waals surface area contributed by atoms with Gasteiger partial charge in [-0.1, -0.05) is 0 Å². The third-order valence-corrected chi connectivity index (χ3v) is 2.11. The van der Waals surface area contributed by atoms with Crippen molar-refractivity contribution in [1.29, 1.82) is 0 Å². The molecule has 2 heterocycles. The van der Waals surface area contributed by atoms with Crippen molar-refractivity contribution in [3.8, 4) is 5.82 Å². The highest BCUT2D eigenvalue weighted by Gasteiger charge is 2.08. The van der Waals surface area contributed by atoms with Gasteiger partial charge in [0.1, 0.15) is 5.82 Å². The van der Waals surface area contributed by atoms with E-state index in [1.54, 1.807) is 12.4 Å². The van der Waals surface area contributed by atoms with E-state index in [0.29, 0.717) is 0 Å². The zero-order valence-electron chi connectivity index (χ0n) is 6.78. The van der Waals surface area contributed by atoms with Gasteiger partial charge in [0, 0.05) is 12.3 Å². The normalized spacial score (nSPS) is 10.5.